The summed E-state index contributed by atoms with van der Waals surface area (Å²) in [6.07, 6.45) is 3.75. The van der Waals surface area contributed by atoms with Gasteiger partial charge in [-0.15, -0.1) is 0 Å². The number of amides is 2. The zero-order valence-corrected chi connectivity index (χ0v) is 16.2. The molecule has 6 rings (SSSR count). The lowest BCUT2D eigenvalue weighted by Gasteiger charge is -2.46. The molecule has 2 saturated heterocycles. The van der Waals surface area contributed by atoms with E-state index >= 15 is 0 Å². The van der Waals surface area contributed by atoms with Gasteiger partial charge >= 0.3 is 5.97 Å². The molecule has 1 spiro atoms. The van der Waals surface area contributed by atoms with E-state index in [0.717, 1.165) is 5.57 Å². The van der Waals surface area contributed by atoms with E-state index in [0.29, 0.717) is 22.8 Å². The smallest absolute Gasteiger partial charge is 0.331 e. The number of carbonyl (C=O) groups excluding carboxylic acids is 3. The lowest BCUT2D eigenvalue weighted by Crippen LogP contribution is -2.61. The van der Waals surface area contributed by atoms with Crippen LogP contribution in [0.4, 0.5) is 5.69 Å². The number of allylic oxidation sites excluding steroid dienone is 1. The summed E-state index contributed by atoms with van der Waals surface area (Å²) in [5, 5.41) is 0. The number of nitrogens with zero attached hydrogens (tertiary/aromatic N) is 1. The third kappa shape index (κ3) is 1.87. The maximum Gasteiger partial charge on any atom is 0.331 e. The number of imide groups is 1. The average Bonchev–Trinajstić information content (AvgIpc) is 3.14. The van der Waals surface area contributed by atoms with Crippen LogP contribution < -0.4 is 4.90 Å². The highest BCUT2D eigenvalue weighted by molar-refractivity contribution is 6.22. The van der Waals surface area contributed by atoms with Crippen molar-refractivity contribution in [3.63, 3.8) is 0 Å². The van der Waals surface area contributed by atoms with Gasteiger partial charge in [0.05, 0.1) is 18.7 Å². The Morgan fingerprint density at radius 1 is 1.20 bits per heavy atom. The Bertz CT molecular complexity index is 1130. The highest BCUT2D eigenvalue weighted by Crippen LogP contribution is 2.63. The monoisotopic (exact) mass is 407 g/mol. The Hall–Kier alpha value is -3.39. The van der Waals surface area contributed by atoms with Gasteiger partial charge in [0.15, 0.2) is 23.2 Å². The summed E-state index contributed by atoms with van der Waals surface area (Å²) in [6.45, 7) is 1.36. The molecule has 2 fully saturated rings. The molecule has 0 saturated carbocycles. The van der Waals surface area contributed by atoms with Crippen molar-refractivity contribution in [1.82, 2.24) is 0 Å². The van der Waals surface area contributed by atoms with Gasteiger partial charge in [-0.1, -0.05) is 30.4 Å². The topological polar surface area (TPSA) is 91.4 Å². The summed E-state index contributed by atoms with van der Waals surface area (Å²) in [7, 11) is 1.49. The summed E-state index contributed by atoms with van der Waals surface area (Å²) in [5.41, 5.74) is 0.601. The number of fused-ring (bicyclic) bond motifs is 7. The third-order valence-electron chi connectivity index (χ3n) is 6.35. The SMILES string of the molecule is COC1=C2O[C@@H]3O[C@]4(C(=O)N(C(C)=O)c5ccccc54)[C@@H]3C2=CC2C=CC(=O)OC12. The molecule has 8 nitrogen and oxygen atoms in total. The van der Waals surface area contributed by atoms with Crippen LogP contribution in [0.2, 0.25) is 0 Å². The first-order valence-corrected chi connectivity index (χ1v) is 9.65. The average molecular weight is 407 g/mol. The molecule has 0 N–H and O–H groups in total. The second-order valence-electron chi connectivity index (χ2n) is 7.81. The maximum atomic E-state index is 13.5. The van der Waals surface area contributed by atoms with Crippen molar-refractivity contribution >= 4 is 23.5 Å². The minimum atomic E-state index is -1.33. The Labute approximate surface area is 171 Å². The van der Waals surface area contributed by atoms with Gasteiger partial charge in [-0.25, -0.2) is 9.69 Å². The minimum absolute atomic E-state index is 0.243. The molecule has 4 aliphatic heterocycles. The van der Waals surface area contributed by atoms with Crippen molar-refractivity contribution in [1.29, 1.82) is 0 Å². The van der Waals surface area contributed by atoms with Crippen LogP contribution in [-0.2, 0) is 38.9 Å². The molecule has 30 heavy (non-hydrogen) atoms. The van der Waals surface area contributed by atoms with Crippen molar-refractivity contribution in [2.75, 3.05) is 12.0 Å². The van der Waals surface area contributed by atoms with Crippen LogP contribution >= 0.6 is 0 Å². The van der Waals surface area contributed by atoms with Gasteiger partial charge in [-0.3, -0.25) is 9.59 Å². The molecule has 2 amide bonds. The Morgan fingerprint density at radius 3 is 2.77 bits per heavy atom. The molecule has 2 unspecified atom stereocenters. The summed E-state index contributed by atoms with van der Waals surface area (Å²) in [5.74, 6) is -1.10. The quantitative estimate of drug-likeness (QED) is 0.654. The van der Waals surface area contributed by atoms with Crippen LogP contribution in [0.15, 0.2) is 59.6 Å². The van der Waals surface area contributed by atoms with Crippen LogP contribution in [0, 0.1) is 11.8 Å². The van der Waals surface area contributed by atoms with E-state index in [9.17, 15) is 14.4 Å². The van der Waals surface area contributed by atoms with Gasteiger partial charge in [0, 0.05) is 30.1 Å². The van der Waals surface area contributed by atoms with E-state index in [1.54, 1.807) is 24.3 Å². The largest absolute Gasteiger partial charge is 0.493 e. The fraction of sp³-hybridized carbons (Fsp3) is 0.318. The first-order valence-electron chi connectivity index (χ1n) is 9.65. The molecular formula is C22H17NO7. The van der Waals surface area contributed by atoms with E-state index in [1.165, 1.54) is 25.0 Å². The molecule has 0 radical (unpaired) electrons. The van der Waals surface area contributed by atoms with E-state index < -0.39 is 35.8 Å². The number of methoxy groups -OCH3 is 1. The molecule has 4 heterocycles. The Kier molecular flexibility index (Phi) is 3.26. The predicted molar refractivity (Wildman–Crippen MR) is 100 cm³/mol. The molecule has 5 atom stereocenters. The van der Waals surface area contributed by atoms with Crippen LogP contribution in [-0.4, -0.2) is 37.3 Å². The van der Waals surface area contributed by atoms with Gasteiger partial charge in [0.2, 0.25) is 12.2 Å². The van der Waals surface area contributed by atoms with Gasteiger partial charge in [0.1, 0.15) is 0 Å². The molecule has 8 heteroatoms. The van der Waals surface area contributed by atoms with Gasteiger partial charge in [-0.2, -0.15) is 0 Å². The summed E-state index contributed by atoms with van der Waals surface area (Å²) < 4.78 is 23.1. The molecular weight excluding hydrogens is 390 g/mol. The number of anilines is 1. The van der Waals surface area contributed by atoms with E-state index in [4.69, 9.17) is 18.9 Å². The second-order valence-corrected chi connectivity index (χ2v) is 7.81. The molecule has 152 valence electrons. The van der Waals surface area contributed by atoms with E-state index in [1.807, 2.05) is 12.1 Å². The zero-order valence-electron chi connectivity index (χ0n) is 16.2. The molecule has 1 aromatic carbocycles. The third-order valence-corrected chi connectivity index (χ3v) is 6.35. The summed E-state index contributed by atoms with van der Waals surface area (Å²) >= 11 is 0. The number of hydrogen-bond acceptors (Lipinski definition) is 7. The number of carbonyl (C=O) groups is 3. The number of esters is 1. The standard InChI is InChI=1S/C22H17NO7/c1-10(24)23-14-6-4-3-5-13(14)22(21(23)26)16-12-9-11-7-8-15(25)28-17(11)19(27-2)18(12)29-20(16)30-22/h3-9,11,16-17,20H,1-2H3/t11?,16-,17?,20-,22+/m1/s1. The highest BCUT2D eigenvalue weighted by atomic mass is 16.7. The van der Waals surface area contributed by atoms with Gasteiger partial charge in [-0.05, 0) is 6.07 Å². The van der Waals surface area contributed by atoms with Crippen LogP contribution in [0.5, 0.6) is 0 Å². The van der Waals surface area contributed by atoms with Crippen molar-refractivity contribution < 1.29 is 33.3 Å². The van der Waals surface area contributed by atoms with Crippen molar-refractivity contribution in [3.8, 4) is 0 Å². The fourth-order valence-corrected chi connectivity index (χ4v) is 5.16. The van der Waals surface area contributed by atoms with Crippen molar-refractivity contribution in [2.45, 2.75) is 24.9 Å². The van der Waals surface area contributed by atoms with Gasteiger partial charge in [0.25, 0.3) is 5.91 Å². The first kappa shape index (κ1) is 17.5. The minimum Gasteiger partial charge on any atom is -0.493 e. The van der Waals surface area contributed by atoms with Crippen LogP contribution in [0.1, 0.15) is 12.5 Å². The second kappa shape index (κ2) is 5.60. The van der Waals surface area contributed by atoms with Crippen molar-refractivity contribution in [2.24, 2.45) is 11.8 Å². The number of hydrogen-bond donors (Lipinski definition) is 0. The molecule has 0 bridgehead atoms. The zero-order chi connectivity index (χ0) is 20.8. The molecule has 1 aromatic rings. The lowest BCUT2D eigenvalue weighted by molar-refractivity contribution is -0.301. The van der Waals surface area contributed by atoms with Gasteiger partial charge < -0.3 is 18.9 Å². The number of rotatable bonds is 1. The number of ether oxygens (including phenoxy) is 4. The molecule has 1 aliphatic carbocycles. The molecule has 0 aromatic heterocycles. The van der Waals surface area contributed by atoms with Crippen LogP contribution in [0.25, 0.3) is 0 Å². The summed E-state index contributed by atoms with van der Waals surface area (Å²) in [4.78, 5) is 38.6. The maximum absolute atomic E-state index is 13.5. The van der Waals surface area contributed by atoms with E-state index in [-0.39, 0.29) is 11.8 Å². The predicted octanol–water partition coefficient (Wildman–Crippen LogP) is 1.67. The fourth-order valence-electron chi connectivity index (χ4n) is 5.16. The van der Waals surface area contributed by atoms with Crippen LogP contribution in [0.3, 0.4) is 0 Å². The highest BCUT2D eigenvalue weighted by Gasteiger charge is 2.73. The number of para-hydroxylation sites is 1. The summed E-state index contributed by atoms with van der Waals surface area (Å²) in [6, 6.07) is 7.14. The number of benzene rings is 1. The van der Waals surface area contributed by atoms with Crippen molar-refractivity contribution in [3.05, 3.63) is 65.1 Å². The molecule has 5 aliphatic rings. The lowest BCUT2D eigenvalue weighted by atomic mass is 9.71. The Morgan fingerprint density at radius 2 is 2.00 bits per heavy atom. The van der Waals surface area contributed by atoms with E-state index in [2.05, 4.69) is 0 Å². The first-order chi connectivity index (χ1) is 14.5. The normalized spacial score (nSPS) is 35.0. The Balaban J connectivity index is 1.51.